The zero-order valence-corrected chi connectivity index (χ0v) is 14.4. The second kappa shape index (κ2) is 9.49. The number of carbonyl (C=O) groups excluding carboxylic acids is 3. The third-order valence-electron chi connectivity index (χ3n) is 4.23. The molecule has 136 valence electrons. The third-order valence-corrected chi connectivity index (χ3v) is 4.23. The topological polar surface area (TPSA) is 110 Å². The number of rotatable bonds is 8. The van der Waals surface area contributed by atoms with Crippen molar-refractivity contribution in [3.8, 4) is 6.07 Å². The minimum absolute atomic E-state index is 0.0509. The van der Waals surface area contributed by atoms with Gasteiger partial charge >= 0.3 is 0 Å². The van der Waals surface area contributed by atoms with Crippen LogP contribution >= 0.6 is 0 Å². The van der Waals surface area contributed by atoms with Crippen LogP contribution in [-0.2, 0) is 14.4 Å². The molecule has 2 rings (SSSR count). The lowest BCUT2D eigenvalue weighted by Gasteiger charge is -2.13. The molecule has 0 bridgehead atoms. The van der Waals surface area contributed by atoms with Gasteiger partial charge in [0.05, 0.1) is 18.1 Å². The zero-order chi connectivity index (χ0) is 18.9. The highest BCUT2D eigenvalue weighted by Crippen LogP contribution is 2.23. The number of benzene rings is 1. The first kappa shape index (κ1) is 19.3. The quantitative estimate of drug-likeness (QED) is 0.244. The summed E-state index contributed by atoms with van der Waals surface area (Å²) in [6.07, 6.45) is 4.80. The van der Waals surface area contributed by atoms with Crippen LogP contribution in [0.2, 0.25) is 0 Å². The first-order valence-corrected chi connectivity index (χ1v) is 8.54. The van der Waals surface area contributed by atoms with Crippen LogP contribution in [0.4, 0.5) is 0 Å². The van der Waals surface area contributed by atoms with Crippen LogP contribution in [0.15, 0.2) is 29.8 Å². The maximum atomic E-state index is 12.4. The Morgan fingerprint density at radius 2 is 1.96 bits per heavy atom. The van der Waals surface area contributed by atoms with E-state index >= 15 is 0 Å². The Morgan fingerprint density at radius 1 is 1.23 bits per heavy atom. The molecule has 2 N–H and O–H groups in total. The highest BCUT2D eigenvalue weighted by Gasteiger charge is 2.33. The molecule has 1 fully saturated rings. The predicted molar refractivity (Wildman–Crippen MR) is 93.5 cm³/mol. The molecule has 0 aromatic heterocycles. The van der Waals surface area contributed by atoms with E-state index in [-0.39, 0.29) is 24.7 Å². The van der Waals surface area contributed by atoms with Gasteiger partial charge in [-0.3, -0.25) is 24.5 Å². The van der Waals surface area contributed by atoms with Crippen LogP contribution < -0.4 is 5.48 Å². The summed E-state index contributed by atoms with van der Waals surface area (Å²) in [6, 6.07) is 9.02. The Labute approximate surface area is 151 Å². The van der Waals surface area contributed by atoms with Gasteiger partial charge < -0.3 is 0 Å². The average Bonchev–Trinajstić information content (AvgIpc) is 2.91. The van der Waals surface area contributed by atoms with E-state index in [1.165, 1.54) is 4.90 Å². The first-order chi connectivity index (χ1) is 12.6. The van der Waals surface area contributed by atoms with Crippen molar-refractivity contribution in [2.24, 2.45) is 0 Å². The van der Waals surface area contributed by atoms with Crippen molar-refractivity contribution in [2.75, 3.05) is 6.54 Å². The van der Waals surface area contributed by atoms with Gasteiger partial charge in [0.2, 0.25) is 11.8 Å². The molecular formula is C19H21N3O4. The molecule has 0 aliphatic carbocycles. The van der Waals surface area contributed by atoms with Crippen LogP contribution in [0.1, 0.15) is 49.7 Å². The Morgan fingerprint density at radius 3 is 2.69 bits per heavy atom. The highest BCUT2D eigenvalue weighted by molar-refractivity contribution is 6.15. The van der Waals surface area contributed by atoms with E-state index in [0.29, 0.717) is 36.1 Å². The SMILES string of the molecule is N#Cc1ccccc1/C=C1\CC(=O)N(CCCCCCC(=O)NO)C1=O. The molecule has 0 radical (unpaired) electrons. The minimum atomic E-state index is -0.415. The summed E-state index contributed by atoms with van der Waals surface area (Å²) in [5.41, 5.74) is 3.08. The number of nitrogens with one attached hydrogen (secondary N) is 1. The fourth-order valence-electron chi connectivity index (χ4n) is 2.84. The number of nitrogens with zero attached hydrogens (tertiary/aromatic N) is 2. The highest BCUT2D eigenvalue weighted by atomic mass is 16.5. The molecular weight excluding hydrogens is 334 g/mol. The average molecular weight is 355 g/mol. The van der Waals surface area contributed by atoms with Gasteiger partial charge in [0, 0.05) is 18.5 Å². The second-order valence-electron chi connectivity index (χ2n) is 6.10. The van der Waals surface area contributed by atoms with Crippen molar-refractivity contribution in [2.45, 2.75) is 38.5 Å². The van der Waals surface area contributed by atoms with Gasteiger partial charge in [-0.15, -0.1) is 0 Å². The summed E-state index contributed by atoms with van der Waals surface area (Å²) in [5, 5.41) is 17.5. The smallest absolute Gasteiger partial charge is 0.256 e. The summed E-state index contributed by atoms with van der Waals surface area (Å²) in [6.45, 7) is 0.348. The van der Waals surface area contributed by atoms with Crippen molar-refractivity contribution < 1.29 is 19.6 Å². The standard InChI is InChI=1S/C19H21N3O4/c20-13-15-8-5-4-7-14(15)11-16-12-18(24)22(19(16)25)10-6-2-1-3-9-17(23)21-26/h4-5,7-8,11,26H,1-3,6,9-10,12H2,(H,21,23)/b16-11+. The largest absolute Gasteiger partial charge is 0.289 e. The van der Waals surface area contributed by atoms with E-state index in [4.69, 9.17) is 10.5 Å². The number of amides is 3. The lowest BCUT2D eigenvalue weighted by molar-refractivity contribution is -0.137. The fraction of sp³-hybridized carbons (Fsp3) is 0.368. The Balaban J connectivity index is 1.88. The molecule has 3 amide bonds. The molecule has 0 atom stereocenters. The van der Waals surface area contributed by atoms with Crippen molar-refractivity contribution in [1.29, 1.82) is 5.26 Å². The molecule has 1 saturated heterocycles. The molecule has 7 heteroatoms. The molecule has 0 unspecified atom stereocenters. The number of hydroxylamine groups is 1. The predicted octanol–water partition coefficient (Wildman–Crippen LogP) is 2.16. The van der Waals surface area contributed by atoms with E-state index in [0.717, 1.165) is 12.8 Å². The van der Waals surface area contributed by atoms with Gasteiger partial charge in [-0.25, -0.2) is 5.48 Å². The summed E-state index contributed by atoms with van der Waals surface area (Å²) < 4.78 is 0. The molecule has 1 aliphatic rings. The molecule has 1 aromatic carbocycles. The zero-order valence-electron chi connectivity index (χ0n) is 14.4. The normalized spacial score (nSPS) is 15.4. The molecule has 1 aromatic rings. The third kappa shape index (κ3) is 5.01. The summed E-state index contributed by atoms with van der Waals surface area (Å²) >= 11 is 0. The van der Waals surface area contributed by atoms with E-state index in [9.17, 15) is 14.4 Å². The Kier molecular flexibility index (Phi) is 7.06. The molecule has 1 heterocycles. The number of likely N-dealkylation sites (tertiary alicyclic amines) is 1. The van der Waals surface area contributed by atoms with Gasteiger partial charge in [0.1, 0.15) is 0 Å². The van der Waals surface area contributed by atoms with Gasteiger partial charge in [-0.05, 0) is 30.5 Å². The number of hydrogen-bond donors (Lipinski definition) is 2. The van der Waals surface area contributed by atoms with Crippen LogP contribution in [0, 0.1) is 11.3 Å². The van der Waals surface area contributed by atoms with E-state index in [2.05, 4.69) is 6.07 Å². The lowest BCUT2D eigenvalue weighted by Crippen LogP contribution is -2.30. The maximum absolute atomic E-state index is 12.4. The minimum Gasteiger partial charge on any atom is -0.289 e. The van der Waals surface area contributed by atoms with Crippen molar-refractivity contribution in [1.82, 2.24) is 10.4 Å². The van der Waals surface area contributed by atoms with E-state index in [1.54, 1.807) is 35.8 Å². The molecule has 0 spiro atoms. The maximum Gasteiger partial charge on any atom is 0.256 e. The monoisotopic (exact) mass is 355 g/mol. The van der Waals surface area contributed by atoms with Crippen LogP contribution in [-0.4, -0.2) is 34.4 Å². The lowest BCUT2D eigenvalue weighted by atomic mass is 10.0. The van der Waals surface area contributed by atoms with Crippen molar-refractivity contribution in [3.63, 3.8) is 0 Å². The Hall–Kier alpha value is -2.98. The van der Waals surface area contributed by atoms with Crippen molar-refractivity contribution in [3.05, 3.63) is 41.0 Å². The van der Waals surface area contributed by atoms with Crippen LogP contribution in [0.25, 0.3) is 6.08 Å². The number of hydrogen-bond acceptors (Lipinski definition) is 5. The number of nitriles is 1. The molecule has 1 aliphatic heterocycles. The van der Waals surface area contributed by atoms with Crippen LogP contribution in [0.5, 0.6) is 0 Å². The first-order valence-electron chi connectivity index (χ1n) is 8.54. The van der Waals surface area contributed by atoms with Crippen LogP contribution in [0.3, 0.4) is 0 Å². The molecule has 7 nitrogen and oxygen atoms in total. The molecule has 0 saturated carbocycles. The summed E-state index contributed by atoms with van der Waals surface area (Å²) in [5.74, 6) is -0.944. The van der Waals surface area contributed by atoms with Gasteiger partial charge in [0.15, 0.2) is 0 Å². The number of imide groups is 1. The molecule has 26 heavy (non-hydrogen) atoms. The summed E-state index contributed by atoms with van der Waals surface area (Å²) in [7, 11) is 0. The van der Waals surface area contributed by atoms with E-state index in [1.807, 2.05) is 0 Å². The number of carbonyl (C=O) groups is 3. The van der Waals surface area contributed by atoms with Gasteiger partial charge in [0.25, 0.3) is 5.91 Å². The number of unbranched alkanes of at least 4 members (excludes halogenated alkanes) is 3. The van der Waals surface area contributed by atoms with Gasteiger partial charge in [-0.1, -0.05) is 31.0 Å². The second-order valence-corrected chi connectivity index (χ2v) is 6.10. The van der Waals surface area contributed by atoms with E-state index < -0.39 is 5.91 Å². The fourth-order valence-corrected chi connectivity index (χ4v) is 2.84. The summed E-state index contributed by atoms with van der Waals surface area (Å²) in [4.78, 5) is 36.7. The Bertz CT molecular complexity index is 764. The van der Waals surface area contributed by atoms with Crippen molar-refractivity contribution >= 4 is 23.8 Å². The van der Waals surface area contributed by atoms with Gasteiger partial charge in [-0.2, -0.15) is 5.26 Å².